The van der Waals surface area contributed by atoms with Crippen molar-refractivity contribution in [3.8, 4) is 0 Å². The van der Waals surface area contributed by atoms with Crippen LogP contribution in [0.5, 0.6) is 0 Å². The maximum absolute atomic E-state index is 11.5. The van der Waals surface area contributed by atoms with Crippen molar-refractivity contribution in [1.29, 1.82) is 0 Å². The Kier molecular flexibility index (Phi) is 2.25. The topological polar surface area (TPSA) is 50.2 Å². The van der Waals surface area contributed by atoms with Crippen molar-refractivity contribution >= 4 is 5.82 Å². The second kappa shape index (κ2) is 3.42. The molecular formula is C9H14N4O. The van der Waals surface area contributed by atoms with Crippen molar-refractivity contribution in [2.75, 3.05) is 32.1 Å². The lowest BCUT2D eigenvalue weighted by molar-refractivity contribution is 0.307. The Bertz CT molecular complexity index is 381. The van der Waals surface area contributed by atoms with Gasteiger partial charge in [-0.3, -0.25) is 4.79 Å². The monoisotopic (exact) mass is 194 g/mol. The smallest absolute Gasteiger partial charge is 0.267 e. The summed E-state index contributed by atoms with van der Waals surface area (Å²) in [6, 6.07) is 3.54. The summed E-state index contributed by atoms with van der Waals surface area (Å²) in [6.07, 6.45) is 0. The van der Waals surface area contributed by atoms with Crippen molar-refractivity contribution < 1.29 is 0 Å². The lowest BCUT2D eigenvalue weighted by Gasteiger charge is -2.28. The number of rotatable bonds is 2. The number of anilines is 1. The fourth-order valence-corrected chi connectivity index (χ4v) is 1.36. The molecule has 0 radical (unpaired) electrons. The molecule has 0 bridgehead atoms. The van der Waals surface area contributed by atoms with E-state index in [1.807, 2.05) is 19.0 Å². The van der Waals surface area contributed by atoms with E-state index in [9.17, 15) is 4.79 Å². The fourth-order valence-electron chi connectivity index (χ4n) is 1.36. The number of nitrogens with one attached hydrogen (secondary N) is 1. The lowest BCUT2D eigenvalue weighted by Crippen LogP contribution is -2.47. The van der Waals surface area contributed by atoms with Gasteiger partial charge in [-0.05, 0) is 6.07 Å². The summed E-state index contributed by atoms with van der Waals surface area (Å²) in [7, 11) is 3.83. The molecule has 2 heterocycles. The second-order valence-corrected chi connectivity index (χ2v) is 3.68. The molecule has 76 valence electrons. The summed E-state index contributed by atoms with van der Waals surface area (Å²) in [4.78, 5) is 13.4. The van der Waals surface area contributed by atoms with E-state index >= 15 is 0 Å². The third-order valence-corrected chi connectivity index (χ3v) is 2.37. The molecule has 14 heavy (non-hydrogen) atoms. The Morgan fingerprint density at radius 1 is 1.50 bits per heavy atom. The van der Waals surface area contributed by atoms with E-state index in [1.165, 1.54) is 0 Å². The van der Waals surface area contributed by atoms with Crippen molar-refractivity contribution in [2.45, 2.75) is 6.04 Å². The molecule has 0 aromatic carbocycles. The Morgan fingerprint density at radius 2 is 2.21 bits per heavy atom. The van der Waals surface area contributed by atoms with Crippen molar-refractivity contribution in [3.63, 3.8) is 0 Å². The van der Waals surface area contributed by atoms with Crippen LogP contribution in [0, 0.1) is 0 Å². The molecule has 1 aromatic heterocycles. The number of hydrogen-bond donors (Lipinski definition) is 1. The Hall–Kier alpha value is -1.36. The molecule has 0 spiro atoms. The largest absolute Gasteiger partial charge is 0.361 e. The molecule has 1 aliphatic heterocycles. The summed E-state index contributed by atoms with van der Waals surface area (Å²) < 4.78 is 1.56. The average Bonchev–Trinajstić information content (AvgIpc) is 2.05. The van der Waals surface area contributed by atoms with Crippen LogP contribution in [0.25, 0.3) is 0 Å². The average molecular weight is 194 g/mol. The SMILES string of the molecule is CN(C)c1ccc(=O)n(C2CNC2)n1. The molecule has 1 saturated heterocycles. The van der Waals surface area contributed by atoms with E-state index in [1.54, 1.807) is 16.8 Å². The highest BCUT2D eigenvalue weighted by atomic mass is 16.1. The summed E-state index contributed by atoms with van der Waals surface area (Å²) in [5.74, 6) is 0.816. The van der Waals surface area contributed by atoms with Crippen LogP contribution < -0.4 is 15.8 Å². The first-order valence-corrected chi connectivity index (χ1v) is 4.66. The van der Waals surface area contributed by atoms with Gasteiger partial charge in [-0.2, -0.15) is 5.10 Å². The zero-order chi connectivity index (χ0) is 10.1. The van der Waals surface area contributed by atoms with Gasteiger partial charge in [0.15, 0.2) is 0 Å². The molecule has 1 aromatic rings. The molecule has 0 atom stereocenters. The number of aromatic nitrogens is 2. The van der Waals surface area contributed by atoms with Gasteiger partial charge in [0, 0.05) is 33.3 Å². The molecule has 0 aliphatic carbocycles. The first-order valence-electron chi connectivity index (χ1n) is 4.66. The summed E-state index contributed by atoms with van der Waals surface area (Å²) in [6.45, 7) is 1.67. The first kappa shape index (κ1) is 9.21. The first-order chi connectivity index (χ1) is 6.68. The number of hydrogen-bond acceptors (Lipinski definition) is 4. The highest BCUT2D eigenvalue weighted by Crippen LogP contribution is 2.09. The Balaban J connectivity index is 2.36. The highest BCUT2D eigenvalue weighted by Gasteiger charge is 2.20. The molecule has 5 nitrogen and oxygen atoms in total. The van der Waals surface area contributed by atoms with Crippen LogP contribution in [0.15, 0.2) is 16.9 Å². The normalized spacial score (nSPS) is 16.4. The predicted octanol–water partition coefficient (Wildman–Crippen LogP) is -0.546. The van der Waals surface area contributed by atoms with Gasteiger partial charge in [0.25, 0.3) is 5.56 Å². The zero-order valence-corrected chi connectivity index (χ0v) is 8.40. The van der Waals surface area contributed by atoms with Crippen molar-refractivity contribution in [1.82, 2.24) is 15.1 Å². The van der Waals surface area contributed by atoms with Crippen LogP contribution in [-0.4, -0.2) is 37.0 Å². The maximum atomic E-state index is 11.5. The standard InChI is InChI=1S/C9H14N4O/c1-12(2)8-3-4-9(14)13(11-8)7-5-10-6-7/h3-4,7,10H,5-6H2,1-2H3. The Morgan fingerprint density at radius 3 is 2.71 bits per heavy atom. The van der Waals surface area contributed by atoms with E-state index in [0.29, 0.717) is 0 Å². The molecule has 1 fully saturated rings. The van der Waals surface area contributed by atoms with Gasteiger partial charge in [0.2, 0.25) is 0 Å². The van der Waals surface area contributed by atoms with Gasteiger partial charge in [-0.1, -0.05) is 0 Å². The van der Waals surface area contributed by atoms with Gasteiger partial charge in [-0.25, -0.2) is 4.68 Å². The summed E-state index contributed by atoms with van der Waals surface area (Å²) in [5, 5.41) is 7.41. The van der Waals surface area contributed by atoms with E-state index in [0.717, 1.165) is 18.9 Å². The number of nitrogens with zero attached hydrogens (tertiary/aromatic N) is 3. The third kappa shape index (κ3) is 1.50. The Labute approximate surface area is 82.3 Å². The maximum Gasteiger partial charge on any atom is 0.267 e. The van der Waals surface area contributed by atoms with Gasteiger partial charge in [0.05, 0.1) is 6.04 Å². The molecule has 0 saturated carbocycles. The van der Waals surface area contributed by atoms with Crippen molar-refractivity contribution in [3.05, 3.63) is 22.5 Å². The minimum atomic E-state index is -0.0258. The minimum absolute atomic E-state index is 0.0258. The van der Waals surface area contributed by atoms with Gasteiger partial charge >= 0.3 is 0 Å². The van der Waals surface area contributed by atoms with Crippen LogP contribution in [0.1, 0.15) is 6.04 Å². The second-order valence-electron chi connectivity index (χ2n) is 3.68. The van der Waals surface area contributed by atoms with Gasteiger partial charge in [0.1, 0.15) is 5.82 Å². The quantitative estimate of drug-likeness (QED) is 0.686. The van der Waals surface area contributed by atoms with E-state index in [4.69, 9.17) is 0 Å². The van der Waals surface area contributed by atoms with Crippen LogP contribution in [0.2, 0.25) is 0 Å². The van der Waals surface area contributed by atoms with Gasteiger partial charge in [-0.15, -0.1) is 0 Å². The molecule has 0 amide bonds. The predicted molar refractivity (Wildman–Crippen MR) is 54.7 cm³/mol. The molecule has 5 heteroatoms. The van der Waals surface area contributed by atoms with Crippen LogP contribution >= 0.6 is 0 Å². The minimum Gasteiger partial charge on any atom is -0.361 e. The van der Waals surface area contributed by atoms with Crippen LogP contribution in [0.3, 0.4) is 0 Å². The fraction of sp³-hybridized carbons (Fsp3) is 0.556. The highest BCUT2D eigenvalue weighted by molar-refractivity contribution is 5.33. The zero-order valence-electron chi connectivity index (χ0n) is 8.40. The molecule has 2 rings (SSSR count). The van der Waals surface area contributed by atoms with E-state index in [-0.39, 0.29) is 11.6 Å². The van der Waals surface area contributed by atoms with Crippen LogP contribution in [0.4, 0.5) is 5.82 Å². The third-order valence-electron chi connectivity index (χ3n) is 2.37. The summed E-state index contributed by atoms with van der Waals surface area (Å²) >= 11 is 0. The molecule has 0 unspecified atom stereocenters. The van der Waals surface area contributed by atoms with E-state index in [2.05, 4.69) is 10.4 Å². The van der Waals surface area contributed by atoms with Gasteiger partial charge < -0.3 is 10.2 Å². The molecule has 1 aliphatic rings. The molecular weight excluding hydrogens is 180 g/mol. The van der Waals surface area contributed by atoms with E-state index < -0.39 is 0 Å². The van der Waals surface area contributed by atoms with Crippen LogP contribution in [-0.2, 0) is 0 Å². The lowest BCUT2D eigenvalue weighted by atomic mass is 10.2. The van der Waals surface area contributed by atoms with Crippen molar-refractivity contribution in [2.24, 2.45) is 0 Å². The summed E-state index contributed by atoms with van der Waals surface area (Å²) in [5.41, 5.74) is -0.0258. The molecule has 1 N–H and O–H groups in total.